The Morgan fingerprint density at radius 1 is 1.26 bits per heavy atom. The molecule has 2 saturated carbocycles. The molecule has 6 atom stereocenters. The van der Waals surface area contributed by atoms with Crippen molar-refractivity contribution in [3.63, 3.8) is 0 Å². The minimum absolute atomic E-state index is 0.279. The minimum Gasteiger partial charge on any atom is -0.378 e. The van der Waals surface area contributed by atoms with Gasteiger partial charge in [-0.1, -0.05) is 45.4 Å². The topological polar surface area (TPSA) is 15.3 Å². The Bertz CT molecular complexity index is 670. The van der Waals surface area contributed by atoms with Crippen molar-refractivity contribution in [2.75, 3.05) is 18.9 Å². The molecule has 1 aromatic rings. The second kappa shape index (κ2) is 4.14. The largest absolute Gasteiger partial charge is 0.378 e. The minimum atomic E-state index is 0.279. The van der Waals surface area contributed by atoms with Gasteiger partial charge in [-0.2, -0.15) is 0 Å². The lowest BCUT2D eigenvalue weighted by Crippen LogP contribution is -2.60. The van der Waals surface area contributed by atoms with Crippen molar-refractivity contribution in [3.8, 4) is 0 Å². The zero-order chi connectivity index (χ0) is 16.0. The van der Waals surface area contributed by atoms with Crippen molar-refractivity contribution in [2.45, 2.75) is 63.5 Å². The van der Waals surface area contributed by atoms with Gasteiger partial charge in [0.15, 0.2) is 0 Å². The Kier molecular flexibility index (Phi) is 2.58. The highest BCUT2D eigenvalue weighted by atomic mass is 15.3. The Balaban J connectivity index is 1.82. The van der Waals surface area contributed by atoms with E-state index >= 15 is 0 Å². The molecule has 2 spiro atoms. The smallest absolute Gasteiger partial charge is 0.0543 e. The van der Waals surface area contributed by atoms with Crippen LogP contribution in [0.25, 0.3) is 0 Å². The van der Waals surface area contributed by atoms with Crippen LogP contribution in [0.15, 0.2) is 24.3 Å². The molecule has 3 fully saturated rings. The average Bonchev–Trinajstić information content (AvgIpc) is 3.15. The van der Waals surface area contributed by atoms with E-state index in [2.05, 4.69) is 62.3 Å². The predicted octanol–water partition coefficient (Wildman–Crippen LogP) is 4.27. The molecular formula is C21H30N2. The van der Waals surface area contributed by atoms with Gasteiger partial charge in [0.1, 0.15) is 0 Å². The third-order valence-corrected chi connectivity index (χ3v) is 8.52. The zero-order valence-electron chi connectivity index (χ0n) is 15.0. The molecule has 6 unspecified atom stereocenters. The molecular weight excluding hydrogens is 280 g/mol. The number of rotatable bonds is 2. The van der Waals surface area contributed by atoms with Crippen molar-refractivity contribution in [3.05, 3.63) is 29.8 Å². The number of para-hydroxylation sites is 1. The van der Waals surface area contributed by atoms with Crippen LogP contribution in [0.4, 0.5) is 5.69 Å². The van der Waals surface area contributed by atoms with Crippen molar-refractivity contribution in [2.24, 2.45) is 17.3 Å². The summed E-state index contributed by atoms with van der Waals surface area (Å²) in [5.41, 5.74) is 4.18. The molecule has 2 heteroatoms. The van der Waals surface area contributed by atoms with Crippen LogP contribution in [0, 0.1) is 17.3 Å². The fourth-order valence-corrected chi connectivity index (χ4v) is 8.29. The Morgan fingerprint density at radius 3 is 2.83 bits per heavy atom. The number of hydrogen-bond acceptors (Lipinski definition) is 2. The number of nitrogens with zero attached hydrogens (tertiary/aromatic N) is 1. The van der Waals surface area contributed by atoms with Crippen LogP contribution in [0.3, 0.4) is 0 Å². The van der Waals surface area contributed by atoms with Gasteiger partial charge in [0.25, 0.3) is 0 Å². The number of hydrogen-bond donors (Lipinski definition) is 1. The van der Waals surface area contributed by atoms with Gasteiger partial charge >= 0.3 is 0 Å². The Morgan fingerprint density at radius 2 is 2.04 bits per heavy atom. The number of anilines is 1. The average molecular weight is 310 g/mol. The van der Waals surface area contributed by atoms with Crippen LogP contribution in [0.5, 0.6) is 0 Å². The molecule has 0 radical (unpaired) electrons. The van der Waals surface area contributed by atoms with Crippen LogP contribution in [-0.4, -0.2) is 30.1 Å². The van der Waals surface area contributed by atoms with Gasteiger partial charge < -0.3 is 10.2 Å². The summed E-state index contributed by atoms with van der Waals surface area (Å²) in [5, 5.41) is 4.14. The normalized spacial score (nSPS) is 49.8. The third kappa shape index (κ3) is 1.21. The highest BCUT2D eigenvalue weighted by Gasteiger charge is 2.83. The fraction of sp³-hybridized carbons (Fsp3) is 0.714. The summed E-state index contributed by atoms with van der Waals surface area (Å²) in [6.45, 7) is 8.75. The quantitative estimate of drug-likeness (QED) is 0.877. The first-order chi connectivity index (χ1) is 11.0. The molecule has 124 valence electrons. The second-order valence-corrected chi connectivity index (χ2v) is 8.95. The van der Waals surface area contributed by atoms with Gasteiger partial charge in [0.05, 0.1) is 5.54 Å². The van der Waals surface area contributed by atoms with Crippen molar-refractivity contribution in [1.29, 1.82) is 0 Å². The molecule has 1 saturated heterocycles. The summed E-state index contributed by atoms with van der Waals surface area (Å²) in [6, 6.07) is 9.95. The lowest BCUT2D eigenvalue weighted by Gasteiger charge is -2.50. The van der Waals surface area contributed by atoms with E-state index in [4.69, 9.17) is 0 Å². The van der Waals surface area contributed by atoms with Gasteiger partial charge in [-0.15, -0.1) is 0 Å². The van der Waals surface area contributed by atoms with Crippen LogP contribution >= 0.6 is 0 Å². The number of likely N-dealkylation sites (N-methyl/N-ethyl adjacent to an activating group) is 1. The number of fused-ring (bicyclic) bond motifs is 3. The molecule has 2 aliphatic heterocycles. The SMILES string of the molecule is CCCC12CC(C)C3(Nc4ccccc4C34CCN(C)C14)C2C. The van der Waals surface area contributed by atoms with Gasteiger partial charge in [-0.05, 0) is 61.7 Å². The maximum atomic E-state index is 4.14. The standard InChI is InChI=1S/C21H30N2/c1-5-10-19-13-14(2)21(15(19)3)20(11-12-23(4)18(19)20)16-8-6-7-9-17(16)22-21/h6-9,14-15,18,22H,5,10-13H2,1-4H3. The summed E-state index contributed by atoms with van der Waals surface area (Å²) in [6.07, 6.45) is 5.44. The van der Waals surface area contributed by atoms with E-state index in [1.807, 2.05) is 0 Å². The second-order valence-electron chi connectivity index (χ2n) is 8.95. The van der Waals surface area contributed by atoms with E-state index in [1.54, 1.807) is 5.56 Å². The maximum Gasteiger partial charge on any atom is 0.0543 e. The van der Waals surface area contributed by atoms with Crippen LogP contribution < -0.4 is 5.32 Å². The van der Waals surface area contributed by atoms with Crippen molar-refractivity contribution >= 4 is 5.69 Å². The Hall–Kier alpha value is -1.02. The molecule has 1 aromatic carbocycles. The molecule has 2 aliphatic carbocycles. The molecule has 2 heterocycles. The zero-order valence-corrected chi connectivity index (χ0v) is 15.0. The monoisotopic (exact) mass is 310 g/mol. The van der Waals surface area contributed by atoms with E-state index in [9.17, 15) is 0 Å². The molecule has 0 amide bonds. The van der Waals surface area contributed by atoms with E-state index in [1.165, 1.54) is 37.9 Å². The number of benzene rings is 1. The van der Waals surface area contributed by atoms with E-state index in [0.29, 0.717) is 10.8 Å². The van der Waals surface area contributed by atoms with Gasteiger partial charge in [0, 0.05) is 17.1 Å². The van der Waals surface area contributed by atoms with Gasteiger partial charge in [0.2, 0.25) is 0 Å². The van der Waals surface area contributed by atoms with Gasteiger partial charge in [-0.25, -0.2) is 0 Å². The van der Waals surface area contributed by atoms with E-state index < -0.39 is 0 Å². The van der Waals surface area contributed by atoms with Crippen LogP contribution in [0.2, 0.25) is 0 Å². The first-order valence-corrected chi connectivity index (χ1v) is 9.62. The summed E-state index contributed by atoms with van der Waals surface area (Å²) in [7, 11) is 2.39. The summed E-state index contributed by atoms with van der Waals surface area (Å²) < 4.78 is 0. The summed E-state index contributed by atoms with van der Waals surface area (Å²) in [5.74, 6) is 1.52. The maximum absolute atomic E-state index is 4.14. The van der Waals surface area contributed by atoms with Gasteiger partial charge in [-0.3, -0.25) is 0 Å². The number of nitrogens with one attached hydrogen (secondary N) is 1. The molecule has 1 N–H and O–H groups in total. The van der Waals surface area contributed by atoms with Crippen molar-refractivity contribution in [1.82, 2.24) is 4.90 Å². The molecule has 5 rings (SSSR count). The first kappa shape index (κ1) is 14.3. The van der Waals surface area contributed by atoms with Crippen LogP contribution in [0.1, 0.15) is 52.0 Å². The first-order valence-electron chi connectivity index (χ1n) is 9.62. The molecule has 0 aromatic heterocycles. The fourth-order valence-electron chi connectivity index (χ4n) is 8.29. The summed E-state index contributed by atoms with van der Waals surface area (Å²) >= 11 is 0. The third-order valence-electron chi connectivity index (χ3n) is 8.52. The highest BCUT2D eigenvalue weighted by Crippen LogP contribution is 2.78. The van der Waals surface area contributed by atoms with Crippen molar-refractivity contribution < 1.29 is 0 Å². The van der Waals surface area contributed by atoms with E-state index in [-0.39, 0.29) is 5.54 Å². The van der Waals surface area contributed by atoms with Crippen LogP contribution in [-0.2, 0) is 5.41 Å². The Labute approximate surface area is 140 Å². The predicted molar refractivity (Wildman–Crippen MR) is 95.8 cm³/mol. The number of likely N-dealkylation sites (tertiary alicyclic amines) is 1. The lowest BCUT2D eigenvalue weighted by molar-refractivity contribution is 0.0574. The highest BCUT2D eigenvalue weighted by molar-refractivity contribution is 5.70. The molecule has 4 aliphatic rings. The van der Waals surface area contributed by atoms with E-state index in [0.717, 1.165) is 17.9 Å². The summed E-state index contributed by atoms with van der Waals surface area (Å²) in [4.78, 5) is 2.73. The molecule has 2 bridgehead atoms. The molecule has 23 heavy (non-hydrogen) atoms. The molecule has 2 nitrogen and oxygen atoms in total. The lowest BCUT2D eigenvalue weighted by atomic mass is 9.57.